The number of Topliss-reactive ketones (excluding diaryl/α,β-unsaturated/α-hetero) is 1. The Morgan fingerprint density at radius 3 is 2.81 bits per heavy atom. The summed E-state index contributed by atoms with van der Waals surface area (Å²) in [5.41, 5.74) is 2.48. The van der Waals surface area contributed by atoms with Crippen LogP contribution in [0.5, 0.6) is 0 Å². The summed E-state index contributed by atoms with van der Waals surface area (Å²) in [5.74, 6) is 0.850. The molecule has 1 aromatic carbocycles. The summed E-state index contributed by atoms with van der Waals surface area (Å²) < 4.78 is 19.1. The number of fused-ring (bicyclic) bond motifs is 2. The quantitative estimate of drug-likeness (QED) is 0.651. The minimum atomic E-state index is -0.267. The number of esters is 1. The lowest BCUT2D eigenvalue weighted by Gasteiger charge is -2.45. The van der Waals surface area contributed by atoms with Crippen molar-refractivity contribution in [2.75, 3.05) is 0 Å². The molecule has 0 N–H and O–H groups in total. The largest absolute Gasteiger partial charge is 0.462 e. The van der Waals surface area contributed by atoms with Crippen molar-refractivity contribution < 1.29 is 18.7 Å². The zero-order chi connectivity index (χ0) is 21.5. The van der Waals surface area contributed by atoms with Crippen LogP contribution in [0.2, 0.25) is 0 Å². The number of cyclic esters (lactones) is 1. The highest BCUT2D eigenvalue weighted by molar-refractivity contribution is 5.80. The van der Waals surface area contributed by atoms with Gasteiger partial charge in [-0.05, 0) is 67.4 Å². The van der Waals surface area contributed by atoms with Crippen molar-refractivity contribution in [3.05, 3.63) is 60.2 Å². The highest BCUT2D eigenvalue weighted by Crippen LogP contribution is 2.53. The third-order valence-corrected chi connectivity index (χ3v) is 7.39. The van der Waals surface area contributed by atoms with E-state index in [1.54, 1.807) is 12.3 Å². The second kappa shape index (κ2) is 8.03. The number of ketones is 1. The first kappa shape index (κ1) is 20.1. The van der Waals surface area contributed by atoms with Crippen LogP contribution in [0.4, 0.5) is 4.39 Å². The van der Waals surface area contributed by atoms with E-state index in [-0.39, 0.29) is 41.6 Å². The molecule has 1 aliphatic heterocycles. The lowest BCUT2D eigenvalue weighted by atomic mass is 9.57. The number of pyridine rings is 1. The third-order valence-electron chi connectivity index (χ3n) is 7.39. The molecule has 1 aromatic heterocycles. The number of carbonyl (C=O) groups excluding carboxylic acids is 2. The van der Waals surface area contributed by atoms with Gasteiger partial charge in [0, 0.05) is 30.5 Å². The van der Waals surface area contributed by atoms with Crippen molar-refractivity contribution in [3.8, 4) is 11.1 Å². The van der Waals surface area contributed by atoms with E-state index in [4.69, 9.17) is 4.74 Å². The molecule has 0 bridgehead atoms. The molecule has 3 aliphatic rings. The molecule has 2 heterocycles. The summed E-state index contributed by atoms with van der Waals surface area (Å²) >= 11 is 0. The van der Waals surface area contributed by atoms with Crippen molar-refractivity contribution in [1.82, 2.24) is 4.98 Å². The van der Waals surface area contributed by atoms with E-state index < -0.39 is 0 Å². The van der Waals surface area contributed by atoms with E-state index >= 15 is 0 Å². The van der Waals surface area contributed by atoms with Crippen LogP contribution in [0.1, 0.15) is 38.3 Å². The van der Waals surface area contributed by atoms with Crippen LogP contribution in [0.25, 0.3) is 17.2 Å². The number of ether oxygens (including phenoxy) is 1. The number of allylic oxidation sites excluding steroid dienone is 1. The number of aromatic nitrogens is 1. The molecule has 2 aromatic rings. The van der Waals surface area contributed by atoms with E-state index in [0.717, 1.165) is 29.7 Å². The van der Waals surface area contributed by atoms with Gasteiger partial charge in [-0.2, -0.15) is 0 Å². The fourth-order valence-corrected chi connectivity index (χ4v) is 5.98. The molecule has 3 fully saturated rings. The summed E-state index contributed by atoms with van der Waals surface area (Å²) in [6.45, 7) is 1.99. The predicted octanol–water partition coefficient (Wildman–Crippen LogP) is 5.08. The van der Waals surface area contributed by atoms with Crippen molar-refractivity contribution >= 4 is 17.8 Å². The van der Waals surface area contributed by atoms with Crippen LogP contribution >= 0.6 is 0 Å². The summed E-state index contributed by atoms with van der Waals surface area (Å²) in [6, 6.07) is 10.3. The maximum absolute atomic E-state index is 13.5. The maximum Gasteiger partial charge on any atom is 0.309 e. The third kappa shape index (κ3) is 3.82. The van der Waals surface area contributed by atoms with Crippen molar-refractivity contribution in [2.45, 2.75) is 38.7 Å². The number of benzene rings is 1. The average molecular weight is 419 g/mol. The van der Waals surface area contributed by atoms with Crippen LogP contribution < -0.4 is 0 Å². The van der Waals surface area contributed by atoms with Gasteiger partial charge in [0.05, 0.1) is 11.6 Å². The molecule has 160 valence electrons. The Bertz CT molecular complexity index is 1030. The van der Waals surface area contributed by atoms with Crippen LogP contribution in [0.3, 0.4) is 0 Å². The second-order valence-electron chi connectivity index (χ2n) is 9.19. The maximum atomic E-state index is 13.5. The standard InChI is InChI=1S/C26H26FNO3/c1-15-25-23(22-10-8-21(29)12-18(22)13-24(25)26(30)31-15)9-7-20-6-5-17(14-28-20)16-3-2-4-19(27)11-16/h2-7,9,11,14-15,18,22-25H,8,10,12-13H2,1H3/t15-,18+,22-,23+,24-,25+/m1/s1. The molecular formula is C26H26FNO3. The van der Waals surface area contributed by atoms with Gasteiger partial charge in [0.25, 0.3) is 0 Å². The Balaban J connectivity index is 1.40. The number of hydrogen-bond donors (Lipinski definition) is 0. The second-order valence-corrected chi connectivity index (χ2v) is 9.19. The van der Waals surface area contributed by atoms with E-state index in [9.17, 15) is 14.0 Å². The predicted molar refractivity (Wildman–Crippen MR) is 115 cm³/mol. The Labute approximate surface area is 181 Å². The molecule has 1 saturated heterocycles. The van der Waals surface area contributed by atoms with Gasteiger partial charge in [-0.15, -0.1) is 0 Å². The minimum Gasteiger partial charge on any atom is -0.462 e. The van der Waals surface area contributed by atoms with Crippen molar-refractivity contribution in [2.24, 2.45) is 29.6 Å². The SMILES string of the molecule is C[C@H]1OC(=O)[C@@H]2C[C@@H]3CC(=O)CC[C@H]3[C@H](C=Cc3ccc(-c4cccc(F)c4)cn3)[C@H]12. The fraction of sp³-hybridized carbons (Fsp3) is 0.423. The first-order valence-electron chi connectivity index (χ1n) is 11.1. The first-order valence-corrected chi connectivity index (χ1v) is 11.1. The summed E-state index contributed by atoms with van der Waals surface area (Å²) in [7, 11) is 0. The molecule has 2 saturated carbocycles. The first-order chi connectivity index (χ1) is 15.0. The summed E-state index contributed by atoms with van der Waals surface area (Å²) in [6.07, 6.45) is 8.73. The average Bonchev–Trinajstić information content (AvgIpc) is 3.04. The van der Waals surface area contributed by atoms with E-state index in [1.165, 1.54) is 12.1 Å². The topological polar surface area (TPSA) is 56.3 Å². The van der Waals surface area contributed by atoms with Crippen LogP contribution in [-0.2, 0) is 14.3 Å². The molecule has 4 nitrogen and oxygen atoms in total. The van der Waals surface area contributed by atoms with Crippen molar-refractivity contribution in [3.63, 3.8) is 0 Å². The Morgan fingerprint density at radius 1 is 1.16 bits per heavy atom. The van der Waals surface area contributed by atoms with Crippen molar-refractivity contribution in [1.29, 1.82) is 0 Å². The lowest BCUT2D eigenvalue weighted by molar-refractivity contribution is -0.144. The molecule has 5 rings (SSSR count). The van der Waals surface area contributed by atoms with Gasteiger partial charge in [0.2, 0.25) is 0 Å². The van der Waals surface area contributed by atoms with E-state index in [2.05, 4.69) is 11.1 Å². The Hall–Kier alpha value is -2.82. The summed E-state index contributed by atoms with van der Waals surface area (Å²) in [5, 5.41) is 0. The Kier molecular flexibility index (Phi) is 5.20. The van der Waals surface area contributed by atoms with Gasteiger partial charge in [0.15, 0.2) is 0 Å². The molecule has 2 aliphatic carbocycles. The molecule has 0 amide bonds. The summed E-state index contributed by atoms with van der Waals surface area (Å²) in [4.78, 5) is 29.0. The van der Waals surface area contributed by atoms with Crippen LogP contribution in [0, 0.1) is 35.4 Å². The Morgan fingerprint density at radius 2 is 2.03 bits per heavy atom. The lowest BCUT2D eigenvalue weighted by Crippen LogP contribution is -2.44. The molecular weight excluding hydrogens is 393 g/mol. The van der Waals surface area contributed by atoms with E-state index in [1.807, 2.05) is 31.2 Å². The normalized spacial score (nSPS) is 32.6. The zero-order valence-corrected chi connectivity index (χ0v) is 17.5. The highest BCUT2D eigenvalue weighted by atomic mass is 19.1. The van der Waals surface area contributed by atoms with Gasteiger partial charge >= 0.3 is 5.97 Å². The molecule has 5 heteroatoms. The van der Waals surface area contributed by atoms with Gasteiger partial charge in [-0.1, -0.05) is 24.3 Å². The number of hydrogen-bond acceptors (Lipinski definition) is 4. The molecule has 31 heavy (non-hydrogen) atoms. The van der Waals surface area contributed by atoms with Gasteiger partial charge in [0.1, 0.15) is 17.7 Å². The van der Waals surface area contributed by atoms with Crippen LogP contribution in [-0.4, -0.2) is 22.8 Å². The van der Waals surface area contributed by atoms with Gasteiger partial charge in [-0.3, -0.25) is 14.6 Å². The molecule has 6 atom stereocenters. The zero-order valence-electron chi connectivity index (χ0n) is 17.5. The van der Waals surface area contributed by atoms with Gasteiger partial charge in [-0.25, -0.2) is 4.39 Å². The number of rotatable bonds is 3. The molecule has 0 unspecified atom stereocenters. The number of nitrogens with zero attached hydrogens (tertiary/aromatic N) is 1. The van der Waals surface area contributed by atoms with Crippen LogP contribution in [0.15, 0.2) is 48.7 Å². The van der Waals surface area contributed by atoms with Gasteiger partial charge < -0.3 is 4.74 Å². The minimum absolute atomic E-state index is 0.103. The number of halogens is 1. The molecule has 0 radical (unpaired) electrons. The van der Waals surface area contributed by atoms with E-state index in [0.29, 0.717) is 24.5 Å². The smallest absolute Gasteiger partial charge is 0.309 e. The number of carbonyl (C=O) groups is 2. The highest BCUT2D eigenvalue weighted by Gasteiger charge is 2.54. The monoisotopic (exact) mass is 419 g/mol. The fourth-order valence-electron chi connectivity index (χ4n) is 5.98. The molecule has 0 spiro atoms.